The van der Waals surface area contributed by atoms with Crippen LogP contribution in [0.1, 0.15) is 44.2 Å². The maximum atomic E-state index is 11.0. The van der Waals surface area contributed by atoms with E-state index in [1.807, 2.05) is 31.2 Å². The summed E-state index contributed by atoms with van der Waals surface area (Å²) < 4.78 is 0. The van der Waals surface area contributed by atoms with Crippen molar-refractivity contribution in [2.24, 2.45) is 5.92 Å². The van der Waals surface area contributed by atoms with E-state index in [-0.39, 0.29) is 35.5 Å². The molecule has 2 nitrogen and oxygen atoms in total. The molecule has 0 saturated carbocycles. The second kappa shape index (κ2) is 7.91. The molecule has 1 unspecified atom stereocenters. The molecule has 0 aliphatic carbocycles. The number of aliphatic carboxylic acids is 1. The van der Waals surface area contributed by atoms with Crippen LogP contribution in [0.4, 0.5) is 0 Å². The average molecular weight is 243 g/mol. The third-order valence-electron chi connectivity index (χ3n) is 2.73. The van der Waals surface area contributed by atoms with E-state index in [1.54, 1.807) is 0 Å². The zero-order chi connectivity index (χ0) is 12.1. The van der Waals surface area contributed by atoms with Crippen molar-refractivity contribution in [2.45, 2.75) is 39.5 Å². The molecule has 1 aromatic rings. The summed E-state index contributed by atoms with van der Waals surface area (Å²) in [6, 6.07) is 7.97. The molecule has 0 aromatic heterocycles. The molecule has 0 bridgehead atoms. The van der Waals surface area contributed by atoms with Gasteiger partial charge in [-0.15, -0.1) is 0 Å². The Kier molecular flexibility index (Phi) is 7.77. The fourth-order valence-corrected chi connectivity index (χ4v) is 1.91. The van der Waals surface area contributed by atoms with E-state index in [1.165, 1.54) is 5.56 Å². The third-order valence-corrected chi connectivity index (χ3v) is 2.73. The van der Waals surface area contributed by atoms with Gasteiger partial charge in [-0.1, -0.05) is 45.0 Å². The number of carboxylic acid groups (broad SMARTS) is 1. The molecule has 1 aromatic carbocycles. The quantitative estimate of drug-likeness (QED) is 0.807. The van der Waals surface area contributed by atoms with E-state index in [4.69, 9.17) is 5.11 Å². The standard InChI is InChI=1S/C14H20O2.Na/c1-4-13(14(15)16)12-7-5-11(6-8-12)9-10(2)3;/h5-8,10,13H,4,9H2,1-3H3,(H,15,16);. The molecule has 0 heterocycles. The summed E-state index contributed by atoms with van der Waals surface area (Å²) in [5.74, 6) is -0.473. The van der Waals surface area contributed by atoms with Gasteiger partial charge in [0.25, 0.3) is 0 Å². The molecule has 1 N–H and O–H groups in total. The number of hydrogen-bond donors (Lipinski definition) is 1. The Morgan fingerprint density at radius 3 is 2.12 bits per heavy atom. The Hall–Kier alpha value is -0.310. The maximum Gasteiger partial charge on any atom is 0.310 e. The van der Waals surface area contributed by atoms with Crippen molar-refractivity contribution in [3.05, 3.63) is 35.4 Å². The van der Waals surface area contributed by atoms with Crippen molar-refractivity contribution in [3.63, 3.8) is 0 Å². The normalized spacial score (nSPS) is 12.0. The summed E-state index contributed by atoms with van der Waals surface area (Å²) in [6.45, 7) is 6.26. The molecule has 1 radical (unpaired) electrons. The van der Waals surface area contributed by atoms with Gasteiger partial charge in [-0.3, -0.25) is 4.79 Å². The second-order valence-corrected chi connectivity index (χ2v) is 4.64. The Bertz CT molecular complexity index is 344. The molecule has 0 spiro atoms. The molecule has 0 aliphatic rings. The van der Waals surface area contributed by atoms with Crippen LogP contribution in [-0.2, 0) is 11.2 Å². The molecule has 3 heteroatoms. The first kappa shape index (κ1) is 16.7. The first-order valence-electron chi connectivity index (χ1n) is 5.86. The SMILES string of the molecule is CCC(C(=O)O)c1ccc(CC(C)C)cc1.[Na]. The van der Waals surface area contributed by atoms with E-state index in [9.17, 15) is 4.79 Å². The van der Waals surface area contributed by atoms with Crippen LogP contribution in [0.15, 0.2) is 24.3 Å². The van der Waals surface area contributed by atoms with Gasteiger partial charge in [0.2, 0.25) is 0 Å². The van der Waals surface area contributed by atoms with Crippen LogP contribution >= 0.6 is 0 Å². The van der Waals surface area contributed by atoms with Gasteiger partial charge in [-0.2, -0.15) is 0 Å². The van der Waals surface area contributed by atoms with Gasteiger partial charge < -0.3 is 5.11 Å². The number of hydrogen-bond acceptors (Lipinski definition) is 1. The maximum absolute atomic E-state index is 11.0. The van der Waals surface area contributed by atoms with Gasteiger partial charge in [0.15, 0.2) is 0 Å². The molecule has 1 rings (SSSR count). The molecule has 0 amide bonds. The van der Waals surface area contributed by atoms with Crippen LogP contribution < -0.4 is 0 Å². The van der Waals surface area contributed by atoms with Gasteiger partial charge in [-0.05, 0) is 29.9 Å². The predicted molar refractivity (Wildman–Crippen MR) is 71.4 cm³/mol. The Morgan fingerprint density at radius 1 is 1.24 bits per heavy atom. The van der Waals surface area contributed by atoms with E-state index < -0.39 is 5.97 Å². The molecule has 0 aliphatic heterocycles. The zero-order valence-corrected chi connectivity index (χ0v) is 13.2. The molecule has 17 heavy (non-hydrogen) atoms. The van der Waals surface area contributed by atoms with Crippen LogP contribution in [0.3, 0.4) is 0 Å². The summed E-state index contributed by atoms with van der Waals surface area (Å²) in [7, 11) is 0. The van der Waals surface area contributed by atoms with E-state index in [2.05, 4.69) is 13.8 Å². The first-order chi connectivity index (χ1) is 7.54. The summed E-state index contributed by atoms with van der Waals surface area (Å²) in [5.41, 5.74) is 2.18. The van der Waals surface area contributed by atoms with E-state index in [0.717, 1.165) is 12.0 Å². The minimum atomic E-state index is -0.737. The second-order valence-electron chi connectivity index (χ2n) is 4.64. The van der Waals surface area contributed by atoms with Crippen molar-refractivity contribution in [1.82, 2.24) is 0 Å². The van der Waals surface area contributed by atoms with Gasteiger partial charge in [-0.25, -0.2) is 0 Å². The number of benzene rings is 1. The van der Waals surface area contributed by atoms with Crippen molar-refractivity contribution in [3.8, 4) is 0 Å². The average Bonchev–Trinajstić information content (AvgIpc) is 2.20. The Morgan fingerprint density at radius 2 is 1.76 bits per heavy atom. The fourth-order valence-electron chi connectivity index (χ4n) is 1.91. The Labute approximate surface area is 126 Å². The molecule has 89 valence electrons. The van der Waals surface area contributed by atoms with E-state index in [0.29, 0.717) is 12.3 Å². The summed E-state index contributed by atoms with van der Waals surface area (Å²) >= 11 is 0. The minimum absolute atomic E-state index is 0. The smallest absolute Gasteiger partial charge is 0.310 e. The molecule has 0 fully saturated rings. The molecular formula is C14H20NaO2. The van der Waals surface area contributed by atoms with Gasteiger partial charge >= 0.3 is 5.97 Å². The largest absolute Gasteiger partial charge is 0.481 e. The number of carboxylic acids is 1. The van der Waals surface area contributed by atoms with Gasteiger partial charge in [0.05, 0.1) is 5.92 Å². The van der Waals surface area contributed by atoms with Crippen LogP contribution in [0.25, 0.3) is 0 Å². The topological polar surface area (TPSA) is 37.3 Å². The molecular weight excluding hydrogens is 223 g/mol. The first-order valence-corrected chi connectivity index (χ1v) is 5.86. The zero-order valence-electron chi connectivity index (χ0n) is 11.2. The Balaban J connectivity index is 0.00000256. The number of rotatable bonds is 5. The van der Waals surface area contributed by atoms with Crippen LogP contribution in [-0.4, -0.2) is 40.6 Å². The number of carbonyl (C=O) groups is 1. The summed E-state index contributed by atoms with van der Waals surface area (Å²) in [5, 5.41) is 9.04. The van der Waals surface area contributed by atoms with Crippen LogP contribution in [0.5, 0.6) is 0 Å². The summed E-state index contributed by atoms with van der Waals surface area (Å²) in [6.07, 6.45) is 1.68. The summed E-state index contributed by atoms with van der Waals surface area (Å²) in [4.78, 5) is 11.0. The monoisotopic (exact) mass is 243 g/mol. The third kappa shape index (κ3) is 5.24. The van der Waals surface area contributed by atoms with E-state index >= 15 is 0 Å². The van der Waals surface area contributed by atoms with Gasteiger partial charge in [0.1, 0.15) is 0 Å². The van der Waals surface area contributed by atoms with Gasteiger partial charge in [0, 0.05) is 29.6 Å². The van der Waals surface area contributed by atoms with Crippen molar-refractivity contribution < 1.29 is 9.90 Å². The molecule has 0 saturated heterocycles. The van der Waals surface area contributed by atoms with Crippen LogP contribution in [0.2, 0.25) is 0 Å². The van der Waals surface area contributed by atoms with Crippen molar-refractivity contribution in [2.75, 3.05) is 0 Å². The van der Waals surface area contributed by atoms with Crippen molar-refractivity contribution in [1.29, 1.82) is 0 Å². The fraction of sp³-hybridized carbons (Fsp3) is 0.500. The predicted octanol–water partition coefficient (Wildman–Crippen LogP) is 3.08. The van der Waals surface area contributed by atoms with Crippen LogP contribution in [0, 0.1) is 5.92 Å². The minimum Gasteiger partial charge on any atom is -0.481 e. The van der Waals surface area contributed by atoms with Crippen molar-refractivity contribution >= 4 is 35.5 Å². The molecule has 1 atom stereocenters.